The lowest BCUT2D eigenvalue weighted by Crippen LogP contribution is -2.38. The quantitative estimate of drug-likeness (QED) is 0.777. The predicted molar refractivity (Wildman–Crippen MR) is 80.8 cm³/mol. The van der Waals surface area contributed by atoms with Gasteiger partial charge in [-0.3, -0.25) is 9.69 Å². The average molecular weight is 292 g/mol. The van der Waals surface area contributed by atoms with E-state index in [1.807, 2.05) is 20.8 Å². The molecule has 5 nitrogen and oxygen atoms in total. The van der Waals surface area contributed by atoms with Crippen LogP contribution in [0.4, 0.5) is 0 Å². The van der Waals surface area contributed by atoms with E-state index in [-0.39, 0.29) is 11.2 Å². The monoisotopic (exact) mass is 292 g/mol. The van der Waals surface area contributed by atoms with Crippen molar-refractivity contribution < 1.29 is 14.3 Å². The Morgan fingerprint density at radius 1 is 1.33 bits per heavy atom. The van der Waals surface area contributed by atoms with Gasteiger partial charge in [-0.15, -0.1) is 0 Å². The summed E-state index contributed by atoms with van der Waals surface area (Å²) in [5, 5.41) is 0. The standard InChI is InChI=1S/C16H24N2O3/c1-16(2,3)15(19)13-4-5-14(17-12-13)21-11-8-18-6-9-20-10-7-18/h4-5,12H,6-11H2,1-3H3. The second-order valence-electron chi connectivity index (χ2n) is 6.27. The molecule has 1 aliphatic rings. The third-order valence-corrected chi connectivity index (χ3v) is 3.44. The van der Waals surface area contributed by atoms with E-state index in [0.29, 0.717) is 18.1 Å². The van der Waals surface area contributed by atoms with Gasteiger partial charge < -0.3 is 9.47 Å². The zero-order chi connectivity index (χ0) is 15.3. The molecule has 0 atom stereocenters. The third-order valence-electron chi connectivity index (χ3n) is 3.44. The molecule has 21 heavy (non-hydrogen) atoms. The number of rotatable bonds is 5. The van der Waals surface area contributed by atoms with Gasteiger partial charge in [-0.25, -0.2) is 4.98 Å². The van der Waals surface area contributed by atoms with Gasteiger partial charge in [0.05, 0.1) is 13.2 Å². The highest BCUT2D eigenvalue weighted by Gasteiger charge is 2.23. The zero-order valence-electron chi connectivity index (χ0n) is 13.1. The van der Waals surface area contributed by atoms with Crippen LogP contribution in [0, 0.1) is 5.41 Å². The maximum Gasteiger partial charge on any atom is 0.213 e. The van der Waals surface area contributed by atoms with Gasteiger partial charge in [0, 0.05) is 42.9 Å². The van der Waals surface area contributed by atoms with E-state index in [1.54, 1.807) is 18.3 Å². The lowest BCUT2D eigenvalue weighted by Gasteiger charge is -2.26. The first kappa shape index (κ1) is 15.9. The zero-order valence-corrected chi connectivity index (χ0v) is 13.1. The molecule has 0 N–H and O–H groups in total. The number of pyridine rings is 1. The van der Waals surface area contributed by atoms with Gasteiger partial charge in [0.25, 0.3) is 0 Å². The van der Waals surface area contributed by atoms with E-state index < -0.39 is 0 Å². The van der Waals surface area contributed by atoms with Crippen LogP contribution < -0.4 is 4.74 Å². The Kier molecular flexibility index (Phi) is 5.31. The predicted octanol–water partition coefficient (Wildman–Crippen LogP) is 2.02. The molecule has 1 aromatic heterocycles. The Balaban J connectivity index is 1.81. The SMILES string of the molecule is CC(C)(C)C(=O)c1ccc(OCCN2CCOCC2)nc1. The summed E-state index contributed by atoms with van der Waals surface area (Å²) in [6.45, 7) is 10.7. The van der Waals surface area contributed by atoms with Crippen LogP contribution in [-0.2, 0) is 4.74 Å². The minimum absolute atomic E-state index is 0.0925. The van der Waals surface area contributed by atoms with Crippen molar-refractivity contribution in [3.05, 3.63) is 23.9 Å². The van der Waals surface area contributed by atoms with Crippen LogP contribution in [0.3, 0.4) is 0 Å². The Hall–Kier alpha value is -1.46. The molecular weight excluding hydrogens is 268 g/mol. The number of aromatic nitrogens is 1. The fraction of sp³-hybridized carbons (Fsp3) is 0.625. The van der Waals surface area contributed by atoms with Crippen LogP contribution in [0.25, 0.3) is 0 Å². The molecule has 0 amide bonds. The van der Waals surface area contributed by atoms with Crippen molar-refractivity contribution in [3.8, 4) is 5.88 Å². The summed E-state index contributed by atoms with van der Waals surface area (Å²) in [6.07, 6.45) is 1.59. The number of nitrogens with zero attached hydrogens (tertiary/aromatic N) is 2. The Morgan fingerprint density at radius 3 is 2.62 bits per heavy atom. The van der Waals surface area contributed by atoms with Gasteiger partial charge in [0.1, 0.15) is 6.61 Å². The molecule has 1 aromatic rings. The molecule has 0 aliphatic carbocycles. The number of Topliss-reactive ketones (excluding diaryl/α,β-unsaturated/α-hetero) is 1. The Bertz CT molecular complexity index is 459. The first-order valence-electron chi connectivity index (χ1n) is 7.40. The second kappa shape index (κ2) is 7.00. The molecule has 0 bridgehead atoms. The highest BCUT2D eigenvalue weighted by atomic mass is 16.5. The van der Waals surface area contributed by atoms with Crippen LogP contribution in [0.5, 0.6) is 5.88 Å². The fourth-order valence-electron chi connectivity index (χ4n) is 2.14. The van der Waals surface area contributed by atoms with Gasteiger partial charge in [-0.1, -0.05) is 20.8 Å². The van der Waals surface area contributed by atoms with Gasteiger partial charge in [0.2, 0.25) is 5.88 Å². The summed E-state index contributed by atoms with van der Waals surface area (Å²) < 4.78 is 10.9. The van der Waals surface area contributed by atoms with Gasteiger partial charge in [0.15, 0.2) is 5.78 Å². The molecule has 0 unspecified atom stereocenters. The molecule has 1 fully saturated rings. The van der Waals surface area contributed by atoms with Crippen molar-refractivity contribution in [2.45, 2.75) is 20.8 Å². The van der Waals surface area contributed by atoms with E-state index in [9.17, 15) is 4.79 Å². The van der Waals surface area contributed by atoms with E-state index in [2.05, 4.69) is 9.88 Å². The van der Waals surface area contributed by atoms with Crippen LogP contribution >= 0.6 is 0 Å². The fourth-order valence-corrected chi connectivity index (χ4v) is 2.14. The molecule has 2 heterocycles. The molecule has 116 valence electrons. The van der Waals surface area contributed by atoms with E-state index in [1.165, 1.54) is 0 Å². The Labute approximate surface area is 126 Å². The van der Waals surface area contributed by atoms with Gasteiger partial charge >= 0.3 is 0 Å². The maximum atomic E-state index is 12.1. The second-order valence-corrected chi connectivity index (χ2v) is 6.27. The molecule has 2 rings (SSSR count). The molecule has 1 aliphatic heterocycles. The van der Waals surface area contributed by atoms with Crippen LogP contribution in [-0.4, -0.2) is 55.1 Å². The van der Waals surface area contributed by atoms with Crippen molar-refractivity contribution in [2.24, 2.45) is 5.41 Å². The minimum Gasteiger partial charge on any atom is -0.476 e. The number of ether oxygens (including phenoxy) is 2. The molecule has 1 saturated heterocycles. The number of hydrogen-bond acceptors (Lipinski definition) is 5. The summed E-state index contributed by atoms with van der Waals surface area (Å²) in [4.78, 5) is 18.6. The third kappa shape index (κ3) is 4.79. The highest BCUT2D eigenvalue weighted by Crippen LogP contribution is 2.21. The van der Waals surface area contributed by atoms with Crippen molar-refractivity contribution in [3.63, 3.8) is 0 Å². The largest absolute Gasteiger partial charge is 0.476 e. The topological polar surface area (TPSA) is 51.7 Å². The summed E-state index contributed by atoms with van der Waals surface area (Å²) in [7, 11) is 0. The lowest BCUT2D eigenvalue weighted by molar-refractivity contribution is 0.0320. The number of carbonyl (C=O) groups excluding carboxylic acids is 1. The summed E-state index contributed by atoms with van der Waals surface area (Å²) in [5.41, 5.74) is 0.239. The molecule has 0 aromatic carbocycles. The molecule has 0 spiro atoms. The average Bonchev–Trinajstić information content (AvgIpc) is 2.47. The van der Waals surface area contributed by atoms with Gasteiger partial charge in [-0.2, -0.15) is 0 Å². The molecule has 5 heteroatoms. The smallest absolute Gasteiger partial charge is 0.213 e. The lowest BCUT2D eigenvalue weighted by atomic mass is 9.87. The first-order chi connectivity index (χ1) is 9.97. The summed E-state index contributed by atoms with van der Waals surface area (Å²) >= 11 is 0. The highest BCUT2D eigenvalue weighted by molar-refractivity contribution is 5.99. The summed E-state index contributed by atoms with van der Waals surface area (Å²) in [6, 6.07) is 3.54. The Morgan fingerprint density at radius 2 is 2.05 bits per heavy atom. The summed E-state index contributed by atoms with van der Waals surface area (Å²) in [5.74, 6) is 0.656. The molecular formula is C16H24N2O3. The van der Waals surface area contributed by atoms with Gasteiger partial charge in [-0.05, 0) is 6.07 Å². The van der Waals surface area contributed by atoms with Crippen LogP contribution in [0.1, 0.15) is 31.1 Å². The molecule has 0 saturated carbocycles. The van der Waals surface area contributed by atoms with E-state index in [0.717, 1.165) is 32.8 Å². The number of ketones is 1. The van der Waals surface area contributed by atoms with Crippen molar-refractivity contribution in [2.75, 3.05) is 39.5 Å². The number of hydrogen-bond donors (Lipinski definition) is 0. The first-order valence-corrected chi connectivity index (χ1v) is 7.40. The van der Waals surface area contributed by atoms with Crippen LogP contribution in [0.2, 0.25) is 0 Å². The van der Waals surface area contributed by atoms with Crippen LogP contribution in [0.15, 0.2) is 18.3 Å². The number of morpholine rings is 1. The van der Waals surface area contributed by atoms with E-state index in [4.69, 9.17) is 9.47 Å². The van der Waals surface area contributed by atoms with E-state index >= 15 is 0 Å². The van der Waals surface area contributed by atoms with Crippen molar-refractivity contribution in [1.82, 2.24) is 9.88 Å². The normalized spacial score (nSPS) is 16.7. The maximum absolute atomic E-state index is 12.1. The molecule has 0 radical (unpaired) electrons. The number of carbonyl (C=O) groups is 1. The van der Waals surface area contributed by atoms with Crippen molar-refractivity contribution >= 4 is 5.78 Å². The minimum atomic E-state index is -0.389. The van der Waals surface area contributed by atoms with Crippen molar-refractivity contribution in [1.29, 1.82) is 0 Å².